The highest BCUT2D eigenvalue weighted by molar-refractivity contribution is 5.92. The van der Waals surface area contributed by atoms with Crippen LogP contribution in [0.3, 0.4) is 0 Å². The average Bonchev–Trinajstić information content (AvgIpc) is 2.10. The Hall–Kier alpha value is -0.790. The minimum Gasteiger partial charge on any atom is -0.345 e. The van der Waals surface area contributed by atoms with Gasteiger partial charge in [-0.2, -0.15) is 0 Å². The lowest BCUT2D eigenvalue weighted by Crippen LogP contribution is -2.22. The van der Waals surface area contributed by atoms with Gasteiger partial charge in [-0.1, -0.05) is 32.8 Å². The van der Waals surface area contributed by atoms with E-state index in [0.29, 0.717) is 0 Å². The van der Waals surface area contributed by atoms with Gasteiger partial charge in [0.2, 0.25) is 5.91 Å². The van der Waals surface area contributed by atoms with Crippen LogP contribution in [0.2, 0.25) is 0 Å². The highest BCUT2D eigenvalue weighted by Crippen LogP contribution is 2.09. The second-order valence-corrected chi connectivity index (χ2v) is 3.61. The maximum atomic E-state index is 11.3. The van der Waals surface area contributed by atoms with Crippen LogP contribution in [-0.4, -0.2) is 24.9 Å². The van der Waals surface area contributed by atoms with Crippen molar-refractivity contribution in [2.45, 2.75) is 39.0 Å². The molecule has 0 unspecified atom stereocenters. The molecule has 0 atom stereocenters. The van der Waals surface area contributed by atoms with E-state index in [2.05, 4.69) is 13.5 Å². The van der Waals surface area contributed by atoms with Gasteiger partial charge in [0.15, 0.2) is 0 Å². The molecule has 1 amide bonds. The van der Waals surface area contributed by atoms with Gasteiger partial charge in [0.1, 0.15) is 0 Å². The smallest absolute Gasteiger partial charge is 0.248 e. The van der Waals surface area contributed by atoms with Crippen molar-refractivity contribution in [2.24, 2.45) is 0 Å². The summed E-state index contributed by atoms with van der Waals surface area (Å²) in [5.41, 5.74) is 0.737. The van der Waals surface area contributed by atoms with Gasteiger partial charge in [0.05, 0.1) is 0 Å². The lowest BCUT2D eigenvalue weighted by molar-refractivity contribution is -0.124. The van der Waals surface area contributed by atoms with Gasteiger partial charge < -0.3 is 4.90 Å². The molecule has 0 saturated heterocycles. The molecular formula is C11H21NO. The molecule has 0 radical (unpaired) electrons. The van der Waals surface area contributed by atoms with E-state index in [1.165, 1.54) is 19.3 Å². The van der Waals surface area contributed by atoms with Crippen LogP contribution in [0.15, 0.2) is 12.2 Å². The molecule has 0 bridgehead atoms. The number of rotatable bonds is 6. The average molecular weight is 183 g/mol. The molecule has 0 aromatic heterocycles. The Morgan fingerprint density at radius 1 is 1.23 bits per heavy atom. The molecule has 76 valence electrons. The van der Waals surface area contributed by atoms with Gasteiger partial charge in [-0.15, -0.1) is 0 Å². The summed E-state index contributed by atoms with van der Waals surface area (Å²) in [5.74, 6) is 0.0662. The maximum Gasteiger partial charge on any atom is 0.248 e. The van der Waals surface area contributed by atoms with Crippen LogP contribution in [0.1, 0.15) is 39.0 Å². The summed E-state index contributed by atoms with van der Waals surface area (Å²) in [6.07, 6.45) is 5.62. The maximum absolute atomic E-state index is 11.3. The standard InChI is InChI=1S/C11H21NO/c1-5-6-7-8-9-10(2)11(13)12(3)4/h2,5-9H2,1,3-4H3. The van der Waals surface area contributed by atoms with Crippen molar-refractivity contribution in [3.63, 3.8) is 0 Å². The largest absolute Gasteiger partial charge is 0.345 e. The van der Waals surface area contributed by atoms with Crippen LogP contribution < -0.4 is 0 Å². The summed E-state index contributed by atoms with van der Waals surface area (Å²) in [6.45, 7) is 5.96. The van der Waals surface area contributed by atoms with E-state index in [1.54, 1.807) is 19.0 Å². The molecule has 2 nitrogen and oxygen atoms in total. The van der Waals surface area contributed by atoms with Gasteiger partial charge in [-0.05, 0) is 12.8 Å². The summed E-state index contributed by atoms with van der Waals surface area (Å²) < 4.78 is 0. The zero-order valence-corrected chi connectivity index (χ0v) is 9.10. The third-order valence-electron chi connectivity index (χ3n) is 2.04. The minimum absolute atomic E-state index is 0.0662. The van der Waals surface area contributed by atoms with Gasteiger partial charge in [-0.25, -0.2) is 0 Å². The summed E-state index contributed by atoms with van der Waals surface area (Å²) >= 11 is 0. The first-order valence-electron chi connectivity index (χ1n) is 4.99. The molecule has 0 fully saturated rings. The molecule has 0 saturated carbocycles. The number of hydrogen-bond donors (Lipinski definition) is 0. The Morgan fingerprint density at radius 2 is 1.85 bits per heavy atom. The highest BCUT2D eigenvalue weighted by Gasteiger charge is 2.07. The second kappa shape index (κ2) is 6.70. The van der Waals surface area contributed by atoms with Crippen molar-refractivity contribution >= 4 is 5.91 Å². The first kappa shape index (κ1) is 12.2. The lowest BCUT2D eigenvalue weighted by atomic mass is 10.1. The van der Waals surface area contributed by atoms with E-state index < -0.39 is 0 Å². The van der Waals surface area contributed by atoms with Crippen molar-refractivity contribution in [1.29, 1.82) is 0 Å². The van der Waals surface area contributed by atoms with E-state index >= 15 is 0 Å². The van der Waals surface area contributed by atoms with Crippen LogP contribution in [0.4, 0.5) is 0 Å². The second-order valence-electron chi connectivity index (χ2n) is 3.61. The van der Waals surface area contributed by atoms with E-state index in [-0.39, 0.29) is 5.91 Å². The highest BCUT2D eigenvalue weighted by atomic mass is 16.2. The summed E-state index contributed by atoms with van der Waals surface area (Å²) in [4.78, 5) is 12.9. The molecule has 0 aromatic carbocycles. The van der Waals surface area contributed by atoms with Crippen molar-refractivity contribution in [1.82, 2.24) is 4.90 Å². The SMILES string of the molecule is C=C(CCCCCC)C(=O)N(C)C. The quantitative estimate of drug-likeness (QED) is 0.458. The van der Waals surface area contributed by atoms with Crippen molar-refractivity contribution in [2.75, 3.05) is 14.1 Å². The Labute approximate surface area is 81.6 Å². The van der Waals surface area contributed by atoms with Crippen LogP contribution in [0.5, 0.6) is 0 Å². The third kappa shape index (κ3) is 5.45. The molecular weight excluding hydrogens is 162 g/mol. The molecule has 2 heteroatoms. The zero-order chi connectivity index (χ0) is 10.3. The van der Waals surface area contributed by atoms with Gasteiger partial charge >= 0.3 is 0 Å². The molecule has 0 rings (SSSR count). The summed E-state index contributed by atoms with van der Waals surface area (Å²) in [6, 6.07) is 0. The number of carbonyl (C=O) groups excluding carboxylic acids is 1. The lowest BCUT2D eigenvalue weighted by Gasteiger charge is -2.11. The molecule has 13 heavy (non-hydrogen) atoms. The molecule has 0 N–H and O–H groups in total. The van der Waals surface area contributed by atoms with Crippen LogP contribution >= 0.6 is 0 Å². The number of hydrogen-bond acceptors (Lipinski definition) is 1. The van der Waals surface area contributed by atoms with Gasteiger partial charge in [0, 0.05) is 19.7 Å². The van der Waals surface area contributed by atoms with E-state index in [0.717, 1.165) is 18.4 Å². The first-order chi connectivity index (χ1) is 6.09. The fourth-order valence-corrected chi connectivity index (χ4v) is 1.19. The zero-order valence-electron chi connectivity index (χ0n) is 9.10. The predicted octanol–water partition coefficient (Wildman–Crippen LogP) is 2.60. The monoisotopic (exact) mass is 183 g/mol. The number of nitrogens with zero attached hydrogens (tertiary/aromatic N) is 1. The number of carbonyl (C=O) groups is 1. The fraction of sp³-hybridized carbons (Fsp3) is 0.727. The summed E-state index contributed by atoms with van der Waals surface area (Å²) in [5, 5.41) is 0. The Morgan fingerprint density at radius 3 is 2.31 bits per heavy atom. The van der Waals surface area contributed by atoms with Crippen molar-refractivity contribution in [3.05, 3.63) is 12.2 Å². The fourth-order valence-electron chi connectivity index (χ4n) is 1.19. The van der Waals surface area contributed by atoms with Gasteiger partial charge in [0.25, 0.3) is 0 Å². The molecule has 0 aliphatic heterocycles. The Bertz CT molecular complexity index is 173. The number of amides is 1. The van der Waals surface area contributed by atoms with Gasteiger partial charge in [-0.3, -0.25) is 4.79 Å². The molecule has 0 aliphatic carbocycles. The number of likely N-dealkylation sites (N-methyl/N-ethyl adjacent to an activating group) is 1. The summed E-state index contributed by atoms with van der Waals surface area (Å²) in [7, 11) is 3.53. The van der Waals surface area contributed by atoms with E-state index in [1.807, 2.05) is 0 Å². The number of unbranched alkanes of at least 4 members (excludes halogenated alkanes) is 3. The van der Waals surface area contributed by atoms with Crippen LogP contribution in [0, 0.1) is 0 Å². The topological polar surface area (TPSA) is 20.3 Å². The molecule has 0 aromatic rings. The molecule has 0 heterocycles. The normalized spacial score (nSPS) is 9.77. The first-order valence-corrected chi connectivity index (χ1v) is 4.99. The van der Waals surface area contributed by atoms with Crippen LogP contribution in [0.25, 0.3) is 0 Å². The Kier molecular flexibility index (Phi) is 6.29. The van der Waals surface area contributed by atoms with Crippen LogP contribution in [-0.2, 0) is 4.79 Å². The predicted molar refractivity (Wildman–Crippen MR) is 56.6 cm³/mol. The van der Waals surface area contributed by atoms with Crippen molar-refractivity contribution in [3.8, 4) is 0 Å². The van der Waals surface area contributed by atoms with E-state index in [9.17, 15) is 4.79 Å². The third-order valence-corrected chi connectivity index (χ3v) is 2.04. The van der Waals surface area contributed by atoms with Crippen molar-refractivity contribution < 1.29 is 4.79 Å². The minimum atomic E-state index is 0.0662. The van der Waals surface area contributed by atoms with E-state index in [4.69, 9.17) is 0 Å². The Balaban J connectivity index is 3.57. The molecule has 0 aliphatic rings. The molecule has 0 spiro atoms.